The zero-order chi connectivity index (χ0) is 22.7. The van der Waals surface area contributed by atoms with Crippen molar-refractivity contribution in [2.24, 2.45) is 0 Å². The molecule has 2 aliphatic rings. The van der Waals surface area contributed by atoms with Gasteiger partial charge in [-0.25, -0.2) is 13.1 Å². The van der Waals surface area contributed by atoms with Gasteiger partial charge in [0.2, 0.25) is 22.7 Å². The van der Waals surface area contributed by atoms with E-state index in [2.05, 4.69) is 9.62 Å². The third kappa shape index (κ3) is 5.23. The van der Waals surface area contributed by atoms with E-state index in [1.807, 2.05) is 32.0 Å². The lowest BCUT2D eigenvalue weighted by molar-refractivity contribution is -0.132. The van der Waals surface area contributed by atoms with E-state index in [-0.39, 0.29) is 30.6 Å². The normalized spacial score (nSPS) is 16.4. The number of hydrogen-bond acceptors (Lipinski definition) is 6. The summed E-state index contributed by atoms with van der Waals surface area (Å²) < 4.78 is 38.3. The first-order valence-corrected chi connectivity index (χ1v) is 12.3. The van der Waals surface area contributed by atoms with Crippen molar-refractivity contribution in [1.82, 2.24) is 14.5 Å². The molecular formula is C23H29N3O5S. The Morgan fingerprint density at radius 3 is 2.47 bits per heavy atom. The summed E-state index contributed by atoms with van der Waals surface area (Å²) in [6, 6.07) is 11.0. The fraction of sp³-hybridized carbons (Fsp3) is 0.435. The second-order valence-corrected chi connectivity index (χ2v) is 10.0. The number of nitrogens with zero attached hydrogens (tertiary/aromatic N) is 2. The van der Waals surface area contributed by atoms with Gasteiger partial charge in [-0.2, -0.15) is 0 Å². The molecule has 2 aliphatic heterocycles. The van der Waals surface area contributed by atoms with Crippen LogP contribution < -0.4 is 14.2 Å². The molecule has 1 N–H and O–H groups in total. The monoisotopic (exact) mass is 459 g/mol. The van der Waals surface area contributed by atoms with Crippen molar-refractivity contribution in [3.8, 4) is 11.5 Å². The maximum atomic E-state index is 12.6. The van der Waals surface area contributed by atoms with Gasteiger partial charge in [0.15, 0.2) is 11.5 Å². The first-order valence-electron chi connectivity index (χ1n) is 10.8. The molecular weight excluding hydrogens is 430 g/mol. The lowest BCUT2D eigenvalue weighted by atomic mass is 10.1. The van der Waals surface area contributed by atoms with E-state index in [9.17, 15) is 13.2 Å². The standard InChI is InChI=1S/C23H29N3O5S/c1-17-3-5-20(13-18(17)2)32(28,29)24-8-7-23(27)26-11-9-25(10-12-26)15-19-4-6-21-22(14-19)31-16-30-21/h3-6,13-14,24H,7-12,15-16H2,1-2H3. The van der Waals surface area contributed by atoms with Crippen LogP contribution in [0.5, 0.6) is 11.5 Å². The van der Waals surface area contributed by atoms with Gasteiger partial charge in [0, 0.05) is 45.7 Å². The topological polar surface area (TPSA) is 88.2 Å². The smallest absolute Gasteiger partial charge is 0.240 e. The van der Waals surface area contributed by atoms with E-state index in [0.29, 0.717) is 13.1 Å². The van der Waals surface area contributed by atoms with Crippen molar-refractivity contribution < 1.29 is 22.7 Å². The summed E-state index contributed by atoms with van der Waals surface area (Å²) in [6.07, 6.45) is 0.145. The molecule has 0 radical (unpaired) electrons. The van der Waals surface area contributed by atoms with Gasteiger partial charge in [-0.15, -0.1) is 0 Å². The number of carbonyl (C=O) groups is 1. The summed E-state index contributed by atoms with van der Waals surface area (Å²) in [4.78, 5) is 16.9. The van der Waals surface area contributed by atoms with Crippen LogP contribution in [0.25, 0.3) is 0 Å². The van der Waals surface area contributed by atoms with Crippen LogP contribution in [0, 0.1) is 13.8 Å². The number of benzene rings is 2. The van der Waals surface area contributed by atoms with Crippen molar-refractivity contribution in [2.45, 2.75) is 31.7 Å². The van der Waals surface area contributed by atoms with Crippen LogP contribution in [-0.4, -0.2) is 63.6 Å². The van der Waals surface area contributed by atoms with E-state index in [1.165, 1.54) is 0 Å². The number of hydrogen-bond donors (Lipinski definition) is 1. The zero-order valence-electron chi connectivity index (χ0n) is 18.5. The third-order valence-corrected chi connectivity index (χ3v) is 7.45. The largest absolute Gasteiger partial charge is 0.454 e. The molecule has 4 rings (SSSR count). The minimum absolute atomic E-state index is 0.0319. The Labute approximate surface area is 189 Å². The van der Waals surface area contributed by atoms with E-state index in [1.54, 1.807) is 23.1 Å². The Balaban J connectivity index is 1.22. The highest BCUT2D eigenvalue weighted by molar-refractivity contribution is 7.89. The number of nitrogens with one attached hydrogen (secondary N) is 1. The molecule has 1 amide bonds. The van der Waals surface area contributed by atoms with Gasteiger partial charge in [-0.1, -0.05) is 12.1 Å². The summed E-state index contributed by atoms with van der Waals surface area (Å²) >= 11 is 0. The molecule has 172 valence electrons. The molecule has 0 aromatic heterocycles. The number of sulfonamides is 1. The second kappa shape index (κ2) is 9.48. The van der Waals surface area contributed by atoms with Crippen LogP contribution in [0.4, 0.5) is 0 Å². The molecule has 0 atom stereocenters. The molecule has 8 nitrogen and oxygen atoms in total. The van der Waals surface area contributed by atoms with Gasteiger partial charge in [0.05, 0.1) is 4.90 Å². The molecule has 0 spiro atoms. The van der Waals surface area contributed by atoms with Crippen LogP contribution in [-0.2, 0) is 21.4 Å². The molecule has 0 bridgehead atoms. The van der Waals surface area contributed by atoms with E-state index >= 15 is 0 Å². The highest BCUT2D eigenvalue weighted by atomic mass is 32.2. The Hall–Kier alpha value is -2.62. The number of rotatable bonds is 7. The number of ether oxygens (including phenoxy) is 2. The summed E-state index contributed by atoms with van der Waals surface area (Å²) in [5.74, 6) is 1.52. The van der Waals surface area contributed by atoms with Gasteiger partial charge in [-0.05, 0) is 54.8 Å². The Bertz CT molecular complexity index is 1090. The predicted molar refractivity (Wildman–Crippen MR) is 120 cm³/mol. The lowest BCUT2D eigenvalue weighted by Gasteiger charge is -2.34. The average molecular weight is 460 g/mol. The number of aryl methyl sites for hydroxylation is 2. The molecule has 0 aliphatic carbocycles. The quantitative estimate of drug-likeness (QED) is 0.682. The molecule has 2 aromatic carbocycles. The number of piperazine rings is 1. The fourth-order valence-corrected chi connectivity index (χ4v) is 4.98. The minimum atomic E-state index is -3.62. The molecule has 1 saturated heterocycles. The highest BCUT2D eigenvalue weighted by Gasteiger charge is 2.22. The number of amides is 1. The van der Waals surface area contributed by atoms with E-state index in [4.69, 9.17) is 9.47 Å². The molecule has 0 unspecified atom stereocenters. The van der Waals surface area contributed by atoms with Crippen LogP contribution in [0.15, 0.2) is 41.3 Å². The minimum Gasteiger partial charge on any atom is -0.454 e. The summed E-state index contributed by atoms with van der Waals surface area (Å²) in [6.45, 7) is 7.76. The third-order valence-electron chi connectivity index (χ3n) is 5.99. The average Bonchev–Trinajstić information content (AvgIpc) is 3.24. The van der Waals surface area contributed by atoms with Crippen LogP contribution in [0.3, 0.4) is 0 Å². The highest BCUT2D eigenvalue weighted by Crippen LogP contribution is 2.32. The van der Waals surface area contributed by atoms with E-state index < -0.39 is 10.0 Å². The molecule has 2 heterocycles. The molecule has 1 fully saturated rings. The van der Waals surface area contributed by atoms with Crippen molar-refractivity contribution in [3.63, 3.8) is 0 Å². The van der Waals surface area contributed by atoms with Crippen molar-refractivity contribution in [2.75, 3.05) is 39.5 Å². The second-order valence-electron chi connectivity index (χ2n) is 8.24. The zero-order valence-corrected chi connectivity index (χ0v) is 19.3. The van der Waals surface area contributed by atoms with Crippen molar-refractivity contribution in [3.05, 3.63) is 53.1 Å². The van der Waals surface area contributed by atoms with Gasteiger partial charge in [0.1, 0.15) is 0 Å². The summed E-state index contributed by atoms with van der Waals surface area (Å²) in [5.41, 5.74) is 3.11. The number of carbonyl (C=O) groups excluding carboxylic acids is 1. The summed E-state index contributed by atoms with van der Waals surface area (Å²) in [5, 5.41) is 0. The molecule has 2 aromatic rings. The molecule has 0 saturated carbocycles. The Morgan fingerprint density at radius 1 is 0.969 bits per heavy atom. The maximum Gasteiger partial charge on any atom is 0.240 e. The fourth-order valence-electron chi connectivity index (χ4n) is 3.87. The predicted octanol–water partition coefficient (Wildman–Crippen LogP) is 2.04. The maximum absolute atomic E-state index is 12.6. The van der Waals surface area contributed by atoms with Gasteiger partial charge >= 0.3 is 0 Å². The molecule has 9 heteroatoms. The van der Waals surface area contributed by atoms with Crippen molar-refractivity contribution in [1.29, 1.82) is 0 Å². The first kappa shape index (κ1) is 22.6. The molecule has 32 heavy (non-hydrogen) atoms. The van der Waals surface area contributed by atoms with Crippen LogP contribution in [0.2, 0.25) is 0 Å². The number of fused-ring (bicyclic) bond motifs is 1. The first-order chi connectivity index (χ1) is 15.3. The van der Waals surface area contributed by atoms with Crippen molar-refractivity contribution >= 4 is 15.9 Å². The van der Waals surface area contributed by atoms with Crippen LogP contribution in [0.1, 0.15) is 23.1 Å². The van der Waals surface area contributed by atoms with Gasteiger partial charge in [0.25, 0.3) is 0 Å². The van der Waals surface area contributed by atoms with Crippen LogP contribution >= 0.6 is 0 Å². The Morgan fingerprint density at radius 2 is 1.72 bits per heavy atom. The SMILES string of the molecule is Cc1ccc(S(=O)(=O)NCCC(=O)N2CCN(Cc3ccc4c(c3)OCO4)CC2)cc1C. The van der Waals surface area contributed by atoms with E-state index in [0.717, 1.165) is 47.8 Å². The lowest BCUT2D eigenvalue weighted by Crippen LogP contribution is -2.48. The van der Waals surface area contributed by atoms with Gasteiger partial charge < -0.3 is 14.4 Å². The summed E-state index contributed by atoms with van der Waals surface area (Å²) in [7, 11) is -3.62. The van der Waals surface area contributed by atoms with Gasteiger partial charge in [-0.3, -0.25) is 9.69 Å². The Kier molecular flexibility index (Phi) is 6.68.